The molecule has 0 aliphatic heterocycles. The minimum atomic E-state index is -0.951. The Labute approximate surface area is 66.3 Å². The zero-order valence-corrected chi connectivity index (χ0v) is 6.91. The van der Waals surface area contributed by atoms with Crippen molar-refractivity contribution in [1.82, 2.24) is 0 Å². The number of carboxylic acids is 1. The Morgan fingerprint density at radius 3 is 2.55 bits per heavy atom. The van der Waals surface area contributed by atoms with E-state index in [1.54, 1.807) is 7.11 Å². The quantitative estimate of drug-likeness (QED) is 0.604. The highest BCUT2D eigenvalue weighted by Crippen LogP contribution is 2.02. The molecule has 0 aliphatic rings. The molecule has 3 N–H and O–H groups in total. The third kappa shape index (κ3) is 4.75. The van der Waals surface area contributed by atoms with Gasteiger partial charge in [-0.2, -0.15) is 0 Å². The number of hydrogen-bond donors (Lipinski definition) is 2. The van der Waals surface area contributed by atoms with Crippen LogP contribution in [0.4, 0.5) is 0 Å². The summed E-state index contributed by atoms with van der Waals surface area (Å²) in [6.07, 6.45) is 1.23. The van der Waals surface area contributed by atoms with Crippen LogP contribution in [-0.4, -0.2) is 30.3 Å². The van der Waals surface area contributed by atoms with Gasteiger partial charge in [0.25, 0.3) is 0 Å². The minimum absolute atomic E-state index is 0.0837. The maximum atomic E-state index is 10.2. The van der Waals surface area contributed by atoms with Gasteiger partial charge in [-0.25, -0.2) is 0 Å². The molecule has 0 aromatic heterocycles. The van der Waals surface area contributed by atoms with Crippen LogP contribution in [0.15, 0.2) is 0 Å². The van der Waals surface area contributed by atoms with Gasteiger partial charge in [0.15, 0.2) is 0 Å². The lowest BCUT2D eigenvalue weighted by molar-refractivity contribution is -0.138. The Kier molecular flexibility index (Phi) is 4.81. The fourth-order valence-electron chi connectivity index (χ4n) is 0.656. The molecular formula is C7H15NO3. The smallest absolute Gasteiger partial charge is 0.320 e. The molecule has 0 heterocycles. The average Bonchev–Trinajstić information content (AvgIpc) is 1.99. The zero-order valence-electron chi connectivity index (χ0n) is 6.91. The Morgan fingerprint density at radius 1 is 1.64 bits per heavy atom. The van der Waals surface area contributed by atoms with Gasteiger partial charge in [-0.05, 0) is 19.8 Å². The second-order valence-electron chi connectivity index (χ2n) is 2.57. The molecule has 4 heteroatoms. The zero-order chi connectivity index (χ0) is 8.85. The number of carbonyl (C=O) groups is 1. The molecule has 66 valence electrons. The monoisotopic (exact) mass is 161 g/mol. The number of carboxylic acid groups (broad SMARTS) is 1. The summed E-state index contributed by atoms with van der Waals surface area (Å²) >= 11 is 0. The van der Waals surface area contributed by atoms with Crippen LogP contribution in [0.5, 0.6) is 0 Å². The molecule has 11 heavy (non-hydrogen) atoms. The molecule has 0 aromatic rings. The Bertz CT molecular complexity index is 127. The number of hydrogen-bond acceptors (Lipinski definition) is 3. The predicted octanol–water partition coefficient (Wildman–Crippen LogP) is 0.213. The van der Waals surface area contributed by atoms with E-state index in [9.17, 15) is 4.79 Å². The average molecular weight is 161 g/mol. The summed E-state index contributed by atoms with van der Waals surface area (Å²) < 4.78 is 4.93. The van der Waals surface area contributed by atoms with E-state index >= 15 is 0 Å². The first-order chi connectivity index (χ1) is 5.07. The second kappa shape index (κ2) is 5.09. The molecule has 0 fully saturated rings. The van der Waals surface area contributed by atoms with E-state index in [2.05, 4.69) is 0 Å². The van der Waals surface area contributed by atoms with Crippen molar-refractivity contribution in [2.45, 2.75) is 31.9 Å². The molecule has 0 rings (SSSR count). The van der Waals surface area contributed by atoms with Crippen molar-refractivity contribution in [1.29, 1.82) is 0 Å². The molecule has 0 amide bonds. The molecule has 0 spiro atoms. The summed E-state index contributed by atoms with van der Waals surface area (Å²) in [6.45, 7) is 1.88. The first kappa shape index (κ1) is 10.4. The van der Waals surface area contributed by atoms with Gasteiger partial charge in [-0.15, -0.1) is 0 Å². The van der Waals surface area contributed by atoms with Crippen LogP contribution in [0.3, 0.4) is 0 Å². The van der Waals surface area contributed by atoms with E-state index in [4.69, 9.17) is 15.6 Å². The molecule has 0 aromatic carbocycles. The van der Waals surface area contributed by atoms with Crippen molar-refractivity contribution in [3.63, 3.8) is 0 Å². The summed E-state index contributed by atoms with van der Waals surface area (Å²) in [7, 11) is 1.59. The van der Waals surface area contributed by atoms with Gasteiger partial charge < -0.3 is 15.6 Å². The van der Waals surface area contributed by atoms with Crippen molar-refractivity contribution >= 4 is 5.97 Å². The van der Waals surface area contributed by atoms with Gasteiger partial charge in [0, 0.05) is 7.11 Å². The molecule has 0 saturated carbocycles. The van der Waals surface area contributed by atoms with Crippen LogP contribution in [-0.2, 0) is 9.53 Å². The summed E-state index contributed by atoms with van der Waals surface area (Å²) in [5.41, 5.74) is 5.26. The molecule has 0 bridgehead atoms. The number of aliphatic carboxylic acids is 1. The van der Waals surface area contributed by atoms with E-state index in [0.717, 1.165) is 0 Å². The lowest BCUT2D eigenvalue weighted by atomic mass is 10.1. The number of nitrogens with two attached hydrogens (primary N) is 1. The van der Waals surface area contributed by atoms with E-state index in [-0.39, 0.29) is 6.10 Å². The van der Waals surface area contributed by atoms with E-state index in [1.165, 1.54) is 0 Å². The third-order valence-electron chi connectivity index (χ3n) is 1.60. The van der Waals surface area contributed by atoms with Crippen molar-refractivity contribution < 1.29 is 14.6 Å². The first-order valence-electron chi connectivity index (χ1n) is 3.59. The van der Waals surface area contributed by atoms with Crippen LogP contribution in [0, 0.1) is 0 Å². The number of rotatable bonds is 5. The topological polar surface area (TPSA) is 72.5 Å². The summed E-state index contributed by atoms with van der Waals surface area (Å²) in [6, 6.07) is -0.757. The summed E-state index contributed by atoms with van der Waals surface area (Å²) in [5.74, 6) is -0.951. The van der Waals surface area contributed by atoms with E-state index < -0.39 is 12.0 Å². The fraction of sp³-hybridized carbons (Fsp3) is 0.857. The van der Waals surface area contributed by atoms with Crippen LogP contribution < -0.4 is 5.73 Å². The fourth-order valence-corrected chi connectivity index (χ4v) is 0.656. The largest absolute Gasteiger partial charge is 0.480 e. The van der Waals surface area contributed by atoms with E-state index in [1.807, 2.05) is 6.92 Å². The van der Waals surface area contributed by atoms with Gasteiger partial charge in [0.05, 0.1) is 6.10 Å². The van der Waals surface area contributed by atoms with Crippen LogP contribution >= 0.6 is 0 Å². The highest BCUT2D eigenvalue weighted by molar-refractivity contribution is 5.72. The Hall–Kier alpha value is -0.610. The minimum Gasteiger partial charge on any atom is -0.480 e. The van der Waals surface area contributed by atoms with Crippen molar-refractivity contribution in [2.24, 2.45) is 5.73 Å². The van der Waals surface area contributed by atoms with Gasteiger partial charge in [-0.3, -0.25) is 4.79 Å². The molecule has 0 radical (unpaired) electrons. The molecule has 2 atom stereocenters. The standard InChI is InChI=1S/C7H15NO3/c1-5(11-2)3-4-6(8)7(9)10/h5-6H,3-4,8H2,1-2H3,(H,9,10). The van der Waals surface area contributed by atoms with Crippen LogP contribution in [0.25, 0.3) is 0 Å². The van der Waals surface area contributed by atoms with Crippen molar-refractivity contribution in [3.8, 4) is 0 Å². The van der Waals surface area contributed by atoms with Crippen molar-refractivity contribution in [2.75, 3.05) is 7.11 Å². The molecular weight excluding hydrogens is 146 g/mol. The lowest BCUT2D eigenvalue weighted by Crippen LogP contribution is -2.30. The summed E-state index contributed by atoms with van der Waals surface area (Å²) in [4.78, 5) is 10.2. The van der Waals surface area contributed by atoms with Gasteiger partial charge >= 0.3 is 5.97 Å². The van der Waals surface area contributed by atoms with Gasteiger partial charge in [0.2, 0.25) is 0 Å². The maximum absolute atomic E-state index is 10.2. The third-order valence-corrected chi connectivity index (χ3v) is 1.60. The lowest BCUT2D eigenvalue weighted by Gasteiger charge is -2.10. The predicted molar refractivity (Wildman–Crippen MR) is 41.3 cm³/mol. The molecule has 0 saturated heterocycles. The molecule has 4 nitrogen and oxygen atoms in total. The molecule has 2 unspecified atom stereocenters. The SMILES string of the molecule is COC(C)CCC(N)C(=O)O. The number of ether oxygens (including phenoxy) is 1. The van der Waals surface area contributed by atoms with Gasteiger partial charge in [0.1, 0.15) is 6.04 Å². The first-order valence-corrected chi connectivity index (χ1v) is 3.59. The normalized spacial score (nSPS) is 15.9. The van der Waals surface area contributed by atoms with Crippen LogP contribution in [0.2, 0.25) is 0 Å². The Morgan fingerprint density at radius 2 is 2.18 bits per heavy atom. The highest BCUT2D eigenvalue weighted by Gasteiger charge is 2.12. The Balaban J connectivity index is 3.45. The van der Waals surface area contributed by atoms with Gasteiger partial charge in [-0.1, -0.05) is 0 Å². The van der Waals surface area contributed by atoms with Crippen molar-refractivity contribution in [3.05, 3.63) is 0 Å². The molecule has 0 aliphatic carbocycles. The van der Waals surface area contributed by atoms with Crippen LogP contribution in [0.1, 0.15) is 19.8 Å². The highest BCUT2D eigenvalue weighted by atomic mass is 16.5. The maximum Gasteiger partial charge on any atom is 0.320 e. The summed E-state index contributed by atoms with van der Waals surface area (Å²) in [5, 5.41) is 8.40. The number of methoxy groups -OCH3 is 1. The second-order valence-corrected chi connectivity index (χ2v) is 2.57. The van der Waals surface area contributed by atoms with E-state index in [0.29, 0.717) is 12.8 Å².